The minimum Gasteiger partial charge on any atom is -0.481 e. The fourth-order valence-corrected chi connectivity index (χ4v) is 3.13. The van der Waals surface area contributed by atoms with E-state index in [1.54, 1.807) is 6.07 Å². The lowest BCUT2D eigenvalue weighted by atomic mass is 10.0. The summed E-state index contributed by atoms with van der Waals surface area (Å²) in [5, 5.41) is 10.0. The summed E-state index contributed by atoms with van der Waals surface area (Å²) < 4.78 is 5.01. The van der Waals surface area contributed by atoms with Gasteiger partial charge in [0.2, 0.25) is 5.88 Å². The van der Waals surface area contributed by atoms with Gasteiger partial charge in [-0.2, -0.15) is 0 Å². The van der Waals surface area contributed by atoms with Crippen LogP contribution in [-0.4, -0.2) is 17.2 Å². The number of halogens is 5. The highest BCUT2D eigenvalue weighted by molar-refractivity contribution is 6.56. The number of aromatic nitrogens is 1. The second kappa shape index (κ2) is 6.78. The zero-order valence-electron chi connectivity index (χ0n) is 10.6. The van der Waals surface area contributed by atoms with Gasteiger partial charge in [-0.3, -0.25) is 0 Å². The summed E-state index contributed by atoms with van der Waals surface area (Å²) in [6.45, 7) is -0.265. The van der Waals surface area contributed by atoms with Gasteiger partial charge < -0.3 is 9.84 Å². The van der Waals surface area contributed by atoms with E-state index in [0.717, 1.165) is 0 Å². The summed E-state index contributed by atoms with van der Waals surface area (Å²) in [6.07, 6.45) is 1.47. The van der Waals surface area contributed by atoms with Gasteiger partial charge in [0, 0.05) is 23.4 Å². The van der Waals surface area contributed by atoms with Crippen LogP contribution in [-0.2, 0) is 6.61 Å². The lowest BCUT2D eigenvalue weighted by molar-refractivity contribution is 0.281. The van der Waals surface area contributed by atoms with E-state index in [1.807, 2.05) is 0 Å². The standard InChI is InChI=1S/C13H8Cl5NO2/c1-21-7-2-5(4-20)6(3-19-7)8-9(14)11(16)13(18)12(17)10(8)15/h2-3,20H,4H2,1H3. The predicted molar refractivity (Wildman–Crippen MR) is 87.2 cm³/mol. The van der Waals surface area contributed by atoms with Crippen molar-refractivity contribution in [3.63, 3.8) is 0 Å². The third-order valence-electron chi connectivity index (χ3n) is 2.82. The summed E-state index contributed by atoms with van der Waals surface area (Å²) in [5.74, 6) is 0.348. The number of hydrogen-bond donors (Lipinski definition) is 1. The summed E-state index contributed by atoms with van der Waals surface area (Å²) in [7, 11) is 1.47. The second-order valence-corrected chi connectivity index (χ2v) is 5.88. The molecule has 8 heteroatoms. The molecule has 2 rings (SSSR count). The number of aliphatic hydroxyl groups excluding tert-OH is 1. The van der Waals surface area contributed by atoms with Crippen molar-refractivity contribution in [2.24, 2.45) is 0 Å². The molecule has 0 radical (unpaired) electrons. The number of aliphatic hydroxyl groups is 1. The Bertz CT molecular complexity index is 676. The highest BCUT2D eigenvalue weighted by atomic mass is 35.5. The zero-order chi connectivity index (χ0) is 15.7. The maximum absolute atomic E-state index is 9.51. The van der Waals surface area contributed by atoms with Crippen LogP contribution in [0.5, 0.6) is 5.88 Å². The second-order valence-electron chi connectivity index (χ2n) is 3.99. The molecule has 0 saturated heterocycles. The molecule has 1 N–H and O–H groups in total. The summed E-state index contributed by atoms with van der Waals surface area (Å²) in [5.41, 5.74) is 1.37. The first-order valence-corrected chi connectivity index (χ1v) is 7.46. The van der Waals surface area contributed by atoms with Gasteiger partial charge in [-0.25, -0.2) is 4.98 Å². The number of ether oxygens (including phenoxy) is 1. The molecule has 0 unspecified atom stereocenters. The van der Waals surface area contributed by atoms with Crippen molar-refractivity contribution in [1.82, 2.24) is 4.98 Å². The van der Waals surface area contributed by atoms with Gasteiger partial charge in [-0.15, -0.1) is 0 Å². The maximum atomic E-state index is 9.51. The number of methoxy groups -OCH3 is 1. The molecule has 0 bridgehead atoms. The number of benzene rings is 1. The molecule has 1 aromatic carbocycles. The van der Waals surface area contributed by atoms with Crippen LogP contribution in [0.2, 0.25) is 25.1 Å². The molecule has 0 fully saturated rings. The molecule has 0 aliphatic heterocycles. The van der Waals surface area contributed by atoms with Crippen molar-refractivity contribution in [3.8, 4) is 17.0 Å². The number of rotatable bonds is 3. The first kappa shape index (κ1) is 16.9. The molecule has 1 aromatic heterocycles. The minimum atomic E-state index is -0.265. The highest BCUT2D eigenvalue weighted by Gasteiger charge is 2.22. The third-order valence-corrected chi connectivity index (χ3v) is 5.10. The fourth-order valence-electron chi connectivity index (χ4n) is 1.78. The van der Waals surface area contributed by atoms with Crippen molar-refractivity contribution in [2.45, 2.75) is 6.61 Å². The molecular weight excluding hydrogens is 379 g/mol. The van der Waals surface area contributed by atoms with Crippen LogP contribution in [0.15, 0.2) is 12.3 Å². The summed E-state index contributed by atoms with van der Waals surface area (Å²) in [6, 6.07) is 1.57. The molecule has 0 aliphatic rings. The van der Waals surface area contributed by atoms with E-state index >= 15 is 0 Å². The maximum Gasteiger partial charge on any atom is 0.213 e. The number of hydrogen-bond acceptors (Lipinski definition) is 3. The van der Waals surface area contributed by atoms with Gasteiger partial charge in [0.1, 0.15) is 0 Å². The Balaban J connectivity index is 2.79. The largest absolute Gasteiger partial charge is 0.481 e. The van der Waals surface area contributed by atoms with E-state index in [4.69, 9.17) is 62.7 Å². The van der Waals surface area contributed by atoms with Crippen LogP contribution < -0.4 is 4.74 Å². The normalized spacial score (nSPS) is 10.8. The number of nitrogens with zero attached hydrogens (tertiary/aromatic N) is 1. The monoisotopic (exact) mass is 385 g/mol. The molecular formula is C13H8Cl5NO2. The first-order chi connectivity index (χ1) is 9.92. The van der Waals surface area contributed by atoms with Crippen molar-refractivity contribution < 1.29 is 9.84 Å². The van der Waals surface area contributed by atoms with E-state index in [2.05, 4.69) is 4.98 Å². The Kier molecular flexibility index (Phi) is 5.47. The smallest absolute Gasteiger partial charge is 0.213 e. The van der Waals surface area contributed by atoms with Crippen LogP contribution in [0.25, 0.3) is 11.1 Å². The molecule has 21 heavy (non-hydrogen) atoms. The first-order valence-electron chi connectivity index (χ1n) is 5.57. The van der Waals surface area contributed by atoms with E-state index < -0.39 is 0 Å². The topological polar surface area (TPSA) is 42.4 Å². The Morgan fingerprint density at radius 2 is 1.52 bits per heavy atom. The molecule has 112 valence electrons. The quantitative estimate of drug-likeness (QED) is 0.557. The zero-order valence-corrected chi connectivity index (χ0v) is 14.3. The van der Waals surface area contributed by atoms with Gasteiger partial charge in [0.15, 0.2) is 0 Å². The third kappa shape index (κ3) is 3.04. The average Bonchev–Trinajstić information content (AvgIpc) is 2.51. The van der Waals surface area contributed by atoms with E-state index in [0.29, 0.717) is 22.6 Å². The lowest BCUT2D eigenvalue weighted by Gasteiger charge is -2.15. The van der Waals surface area contributed by atoms with E-state index in [1.165, 1.54) is 13.3 Å². The molecule has 0 aliphatic carbocycles. The SMILES string of the molecule is COc1cc(CO)c(-c2c(Cl)c(Cl)c(Cl)c(Cl)c2Cl)cn1. The van der Waals surface area contributed by atoms with E-state index in [9.17, 15) is 5.11 Å². The van der Waals surface area contributed by atoms with Crippen molar-refractivity contribution in [2.75, 3.05) is 7.11 Å². The van der Waals surface area contributed by atoms with Crippen LogP contribution in [0.1, 0.15) is 5.56 Å². The van der Waals surface area contributed by atoms with Crippen molar-refractivity contribution >= 4 is 58.0 Å². The van der Waals surface area contributed by atoms with Crippen molar-refractivity contribution in [3.05, 3.63) is 42.9 Å². The van der Waals surface area contributed by atoms with E-state index in [-0.39, 0.29) is 31.7 Å². The molecule has 0 spiro atoms. The van der Waals surface area contributed by atoms with Crippen LogP contribution in [0, 0.1) is 0 Å². The molecule has 0 saturated carbocycles. The van der Waals surface area contributed by atoms with Gasteiger partial charge in [0.05, 0.1) is 38.8 Å². The van der Waals surface area contributed by atoms with Crippen LogP contribution in [0.4, 0.5) is 0 Å². The highest BCUT2D eigenvalue weighted by Crippen LogP contribution is 2.48. The average molecular weight is 387 g/mol. The minimum absolute atomic E-state index is 0.0732. The Labute approximate surface area is 146 Å². The van der Waals surface area contributed by atoms with Gasteiger partial charge >= 0.3 is 0 Å². The van der Waals surface area contributed by atoms with Gasteiger partial charge in [-0.05, 0) is 5.56 Å². The van der Waals surface area contributed by atoms with Crippen LogP contribution in [0.3, 0.4) is 0 Å². The molecule has 0 amide bonds. The van der Waals surface area contributed by atoms with Crippen molar-refractivity contribution in [1.29, 1.82) is 0 Å². The lowest BCUT2D eigenvalue weighted by Crippen LogP contribution is -1.96. The molecule has 0 atom stereocenters. The summed E-state index contributed by atoms with van der Waals surface area (Å²) in [4.78, 5) is 4.08. The molecule has 2 aromatic rings. The predicted octanol–water partition coefficient (Wildman–Crippen LogP) is 5.52. The van der Waals surface area contributed by atoms with Crippen LogP contribution >= 0.6 is 58.0 Å². The fraction of sp³-hybridized carbons (Fsp3) is 0.154. The molecule has 3 nitrogen and oxygen atoms in total. The van der Waals surface area contributed by atoms with Gasteiger partial charge in [-0.1, -0.05) is 58.0 Å². The Hall–Kier alpha value is -0.420. The van der Waals surface area contributed by atoms with Gasteiger partial charge in [0.25, 0.3) is 0 Å². The number of pyridine rings is 1. The Morgan fingerprint density at radius 3 is 2.00 bits per heavy atom. The molecule has 1 heterocycles. The summed E-state index contributed by atoms with van der Waals surface area (Å²) >= 11 is 30.5. The Morgan fingerprint density at radius 1 is 1.00 bits per heavy atom.